The van der Waals surface area contributed by atoms with Gasteiger partial charge in [0.1, 0.15) is 18.1 Å². The first-order valence-electron chi connectivity index (χ1n) is 9.94. The number of halogens is 2. The largest absolute Gasteiger partial charge is 0.492 e. The monoisotopic (exact) mass is 486 g/mol. The molecule has 1 aliphatic heterocycles. The number of carbonyl (C=O) groups excluding carboxylic acids is 1. The number of nitrogens with zero attached hydrogens (tertiary/aromatic N) is 1. The second-order valence-corrected chi connectivity index (χ2v) is 9.78. The van der Waals surface area contributed by atoms with Crippen LogP contribution in [0.2, 0.25) is 10.0 Å². The molecule has 31 heavy (non-hydrogen) atoms. The zero-order valence-corrected chi connectivity index (χ0v) is 19.2. The van der Waals surface area contributed by atoms with Crippen LogP contribution < -0.4 is 14.8 Å². The van der Waals surface area contributed by atoms with Crippen LogP contribution in [0, 0.1) is 0 Å². The average molecular weight is 487 g/mol. The molecule has 0 aromatic heterocycles. The van der Waals surface area contributed by atoms with Crippen molar-refractivity contribution >= 4 is 39.1 Å². The van der Waals surface area contributed by atoms with Gasteiger partial charge < -0.3 is 14.8 Å². The Morgan fingerprint density at radius 2 is 1.71 bits per heavy atom. The van der Waals surface area contributed by atoms with E-state index in [0.29, 0.717) is 34.6 Å². The van der Waals surface area contributed by atoms with Gasteiger partial charge in [0.15, 0.2) is 6.61 Å². The second kappa shape index (κ2) is 11.0. The Bertz CT molecular complexity index is 993. The summed E-state index contributed by atoms with van der Waals surface area (Å²) in [5.41, 5.74) is 0. The third-order valence-electron chi connectivity index (χ3n) is 4.72. The van der Waals surface area contributed by atoms with E-state index < -0.39 is 10.0 Å². The van der Waals surface area contributed by atoms with Gasteiger partial charge in [-0.2, -0.15) is 4.31 Å². The molecule has 10 heteroatoms. The van der Waals surface area contributed by atoms with Crippen molar-refractivity contribution in [2.45, 2.75) is 24.2 Å². The molecule has 1 heterocycles. The number of sulfonamides is 1. The van der Waals surface area contributed by atoms with Crippen LogP contribution in [0.15, 0.2) is 47.4 Å². The maximum atomic E-state index is 12.6. The molecular formula is C21H24Cl2N2O5S. The van der Waals surface area contributed by atoms with Crippen molar-refractivity contribution in [2.24, 2.45) is 0 Å². The molecular weight excluding hydrogens is 463 g/mol. The first-order valence-corrected chi connectivity index (χ1v) is 12.1. The summed E-state index contributed by atoms with van der Waals surface area (Å²) in [5, 5.41) is 3.48. The summed E-state index contributed by atoms with van der Waals surface area (Å²) in [4.78, 5) is 12.1. The van der Waals surface area contributed by atoms with E-state index in [0.717, 1.165) is 19.3 Å². The number of hydrogen-bond donors (Lipinski definition) is 1. The van der Waals surface area contributed by atoms with Gasteiger partial charge in [-0.15, -0.1) is 0 Å². The molecule has 0 spiro atoms. The van der Waals surface area contributed by atoms with Crippen molar-refractivity contribution in [3.8, 4) is 11.5 Å². The highest BCUT2D eigenvalue weighted by Gasteiger charge is 2.25. The van der Waals surface area contributed by atoms with Gasteiger partial charge in [0.25, 0.3) is 5.91 Å². The number of carbonyl (C=O) groups is 1. The number of ether oxygens (including phenoxy) is 2. The topological polar surface area (TPSA) is 84.9 Å². The number of amides is 1. The predicted molar refractivity (Wildman–Crippen MR) is 120 cm³/mol. The highest BCUT2D eigenvalue weighted by atomic mass is 35.5. The van der Waals surface area contributed by atoms with E-state index in [-0.39, 0.29) is 30.6 Å². The first-order chi connectivity index (χ1) is 14.9. The van der Waals surface area contributed by atoms with E-state index in [2.05, 4.69) is 5.32 Å². The lowest BCUT2D eigenvalue weighted by Gasteiger charge is -2.25. The summed E-state index contributed by atoms with van der Waals surface area (Å²) in [7, 11) is -3.46. The maximum absolute atomic E-state index is 12.6. The van der Waals surface area contributed by atoms with E-state index in [4.69, 9.17) is 32.7 Å². The predicted octanol–water partition coefficient (Wildman–Crippen LogP) is 3.74. The summed E-state index contributed by atoms with van der Waals surface area (Å²) >= 11 is 11.8. The fraction of sp³-hybridized carbons (Fsp3) is 0.381. The van der Waals surface area contributed by atoms with Crippen LogP contribution in [-0.2, 0) is 14.8 Å². The lowest BCUT2D eigenvalue weighted by atomic mass is 10.2. The lowest BCUT2D eigenvalue weighted by molar-refractivity contribution is -0.123. The van der Waals surface area contributed by atoms with Crippen LogP contribution in [0.25, 0.3) is 0 Å². The van der Waals surface area contributed by atoms with E-state index in [1.165, 1.54) is 10.4 Å². The minimum atomic E-state index is -3.46. The van der Waals surface area contributed by atoms with Crippen molar-refractivity contribution in [1.82, 2.24) is 9.62 Å². The average Bonchev–Trinajstić information content (AvgIpc) is 2.77. The maximum Gasteiger partial charge on any atom is 0.258 e. The molecule has 7 nitrogen and oxygen atoms in total. The molecule has 0 aliphatic carbocycles. The molecule has 0 atom stereocenters. The number of hydrogen-bond acceptors (Lipinski definition) is 5. The molecule has 0 saturated carbocycles. The van der Waals surface area contributed by atoms with E-state index in [1.54, 1.807) is 36.4 Å². The number of piperidine rings is 1. The van der Waals surface area contributed by atoms with Crippen molar-refractivity contribution in [3.05, 3.63) is 52.5 Å². The molecule has 3 rings (SSSR count). The van der Waals surface area contributed by atoms with Crippen LogP contribution in [0.1, 0.15) is 19.3 Å². The Kier molecular flexibility index (Phi) is 8.43. The molecule has 1 fully saturated rings. The van der Waals surface area contributed by atoms with Gasteiger partial charge in [-0.25, -0.2) is 8.42 Å². The van der Waals surface area contributed by atoms with Crippen molar-refractivity contribution in [2.75, 3.05) is 32.8 Å². The van der Waals surface area contributed by atoms with E-state index in [1.807, 2.05) is 0 Å². The number of rotatable bonds is 9. The third kappa shape index (κ3) is 6.74. The van der Waals surface area contributed by atoms with Gasteiger partial charge >= 0.3 is 0 Å². The quantitative estimate of drug-likeness (QED) is 0.545. The number of benzene rings is 2. The number of nitrogens with one attached hydrogen (secondary N) is 1. The molecule has 1 saturated heterocycles. The minimum Gasteiger partial charge on any atom is -0.492 e. The molecule has 2 aromatic carbocycles. The molecule has 0 radical (unpaired) electrons. The highest BCUT2D eigenvalue weighted by molar-refractivity contribution is 7.89. The Labute approximate surface area is 192 Å². The molecule has 1 N–H and O–H groups in total. The lowest BCUT2D eigenvalue weighted by Crippen LogP contribution is -2.35. The van der Waals surface area contributed by atoms with Gasteiger partial charge in [-0.05, 0) is 55.3 Å². The SMILES string of the molecule is O=C(COc1ccc(Cl)cc1Cl)NCCOc1ccc(S(=O)(=O)N2CCCCC2)cc1. The summed E-state index contributed by atoms with van der Waals surface area (Å²) < 4.78 is 37.7. The van der Waals surface area contributed by atoms with Crippen LogP contribution in [-0.4, -0.2) is 51.5 Å². The summed E-state index contributed by atoms with van der Waals surface area (Å²) in [6.07, 6.45) is 2.85. The standard InChI is InChI=1S/C21H24Cl2N2O5S/c22-16-4-9-20(19(23)14-16)30-15-21(26)24-10-13-29-17-5-7-18(8-6-17)31(27,28)25-11-2-1-3-12-25/h4-9,14H,1-3,10-13,15H2,(H,24,26). The molecule has 0 unspecified atom stereocenters. The van der Waals surface area contributed by atoms with E-state index in [9.17, 15) is 13.2 Å². The zero-order chi connectivity index (χ0) is 22.3. The summed E-state index contributed by atoms with van der Waals surface area (Å²) in [5.74, 6) is 0.575. The van der Waals surface area contributed by atoms with Crippen molar-refractivity contribution in [1.29, 1.82) is 0 Å². The Balaban J connectivity index is 1.40. The van der Waals surface area contributed by atoms with Crippen LogP contribution in [0.3, 0.4) is 0 Å². The highest BCUT2D eigenvalue weighted by Crippen LogP contribution is 2.27. The van der Waals surface area contributed by atoms with Crippen LogP contribution >= 0.6 is 23.2 Å². The van der Waals surface area contributed by atoms with Gasteiger partial charge in [-0.3, -0.25) is 4.79 Å². The van der Waals surface area contributed by atoms with Gasteiger partial charge in [0, 0.05) is 18.1 Å². The van der Waals surface area contributed by atoms with Crippen LogP contribution in [0.5, 0.6) is 11.5 Å². The Hall–Kier alpha value is -2.00. The van der Waals surface area contributed by atoms with Gasteiger partial charge in [-0.1, -0.05) is 29.6 Å². The molecule has 1 amide bonds. The normalized spacial score (nSPS) is 14.8. The van der Waals surface area contributed by atoms with E-state index >= 15 is 0 Å². The molecule has 2 aromatic rings. The fourth-order valence-electron chi connectivity index (χ4n) is 3.11. The smallest absolute Gasteiger partial charge is 0.258 e. The fourth-order valence-corrected chi connectivity index (χ4v) is 5.09. The Morgan fingerprint density at radius 3 is 2.39 bits per heavy atom. The third-order valence-corrected chi connectivity index (χ3v) is 7.17. The Morgan fingerprint density at radius 1 is 1.00 bits per heavy atom. The summed E-state index contributed by atoms with van der Waals surface area (Å²) in [6, 6.07) is 11.1. The second-order valence-electron chi connectivity index (χ2n) is 7.00. The van der Waals surface area contributed by atoms with Crippen molar-refractivity contribution < 1.29 is 22.7 Å². The molecule has 0 bridgehead atoms. The first kappa shape index (κ1) is 23.7. The van der Waals surface area contributed by atoms with Gasteiger partial charge in [0.05, 0.1) is 16.5 Å². The van der Waals surface area contributed by atoms with Gasteiger partial charge in [0.2, 0.25) is 10.0 Å². The van der Waals surface area contributed by atoms with Crippen LogP contribution in [0.4, 0.5) is 0 Å². The summed E-state index contributed by atoms with van der Waals surface area (Å²) in [6.45, 7) is 1.43. The minimum absolute atomic E-state index is 0.190. The molecule has 1 aliphatic rings. The molecule has 168 valence electrons. The van der Waals surface area contributed by atoms with Crippen molar-refractivity contribution in [3.63, 3.8) is 0 Å². The zero-order valence-electron chi connectivity index (χ0n) is 16.9.